The van der Waals surface area contributed by atoms with Crippen molar-refractivity contribution in [2.75, 3.05) is 13.7 Å². The van der Waals surface area contributed by atoms with E-state index in [-0.39, 0.29) is 12.2 Å². The Morgan fingerprint density at radius 1 is 1.29 bits per heavy atom. The van der Waals surface area contributed by atoms with Crippen LogP contribution in [0.1, 0.15) is 30.5 Å². The molecule has 34 heavy (non-hydrogen) atoms. The number of methoxy groups -OCH3 is 1. The second-order valence-corrected chi connectivity index (χ2v) is 9.25. The molecule has 9 heteroatoms. The number of halogens is 1. The molecule has 0 unspecified atom stereocenters. The van der Waals surface area contributed by atoms with E-state index in [2.05, 4.69) is 20.9 Å². The Labute approximate surface area is 208 Å². The van der Waals surface area contributed by atoms with Crippen LogP contribution >= 0.6 is 27.3 Å². The molecule has 0 saturated heterocycles. The molecule has 1 atom stereocenters. The third-order valence-corrected chi connectivity index (χ3v) is 6.79. The van der Waals surface area contributed by atoms with Crippen LogP contribution in [0.5, 0.6) is 5.75 Å². The fraction of sp³-hybridized carbons (Fsp3) is 0.200. The van der Waals surface area contributed by atoms with Crippen molar-refractivity contribution in [1.29, 1.82) is 5.26 Å². The van der Waals surface area contributed by atoms with Gasteiger partial charge in [-0.15, -0.1) is 0 Å². The number of thiazole rings is 1. The Balaban J connectivity index is 1.98. The van der Waals surface area contributed by atoms with Gasteiger partial charge >= 0.3 is 5.97 Å². The van der Waals surface area contributed by atoms with Gasteiger partial charge < -0.3 is 9.47 Å². The predicted molar refractivity (Wildman–Crippen MR) is 132 cm³/mol. The number of nitrogens with zero attached hydrogens (tertiary/aromatic N) is 3. The molecule has 0 N–H and O–H groups in total. The molecule has 2 heterocycles. The molecule has 1 aliphatic rings. The summed E-state index contributed by atoms with van der Waals surface area (Å²) in [5.74, 6) is -0.0254. The summed E-state index contributed by atoms with van der Waals surface area (Å²) in [4.78, 5) is 31.6. The minimum absolute atomic E-state index is 0.111. The van der Waals surface area contributed by atoms with Crippen molar-refractivity contribution in [3.05, 3.63) is 95.1 Å². The van der Waals surface area contributed by atoms with Crippen LogP contribution in [0.3, 0.4) is 0 Å². The Hall–Kier alpha value is -3.48. The number of aromatic nitrogens is 1. The lowest BCUT2D eigenvalue weighted by atomic mass is 9.95. The Morgan fingerprint density at radius 3 is 2.74 bits per heavy atom. The predicted octanol–water partition coefficient (Wildman–Crippen LogP) is 3.46. The number of carbonyl (C=O) groups is 1. The number of carbonyl (C=O) groups excluding carboxylic acids is 1. The van der Waals surface area contributed by atoms with Crippen LogP contribution in [-0.4, -0.2) is 24.3 Å². The molecule has 172 valence electrons. The standard InChI is InChI=1S/C25H20BrN3O4S/c1-3-18-21(24(31)32-2)22(15-7-5-4-6-8-15)29-23(30)20(34-25(29)28-18)14-16-13-17(26)9-10-19(16)33-12-11-27/h4-10,13-14,22H,3,12H2,1-2H3/b20-14-/t22-/m1/s1. The van der Waals surface area contributed by atoms with Crippen molar-refractivity contribution in [3.8, 4) is 11.8 Å². The minimum atomic E-state index is -0.654. The summed E-state index contributed by atoms with van der Waals surface area (Å²) in [6.45, 7) is 1.80. The second-order valence-electron chi connectivity index (χ2n) is 7.33. The van der Waals surface area contributed by atoms with Crippen LogP contribution in [0.4, 0.5) is 0 Å². The Morgan fingerprint density at radius 2 is 2.06 bits per heavy atom. The maximum Gasteiger partial charge on any atom is 0.338 e. The highest BCUT2D eigenvalue weighted by Crippen LogP contribution is 2.31. The van der Waals surface area contributed by atoms with E-state index in [9.17, 15) is 9.59 Å². The molecule has 0 saturated carbocycles. The van der Waals surface area contributed by atoms with Gasteiger partial charge in [-0.1, -0.05) is 64.5 Å². The first-order valence-corrected chi connectivity index (χ1v) is 12.1. The monoisotopic (exact) mass is 537 g/mol. The van der Waals surface area contributed by atoms with Gasteiger partial charge in [-0.25, -0.2) is 9.79 Å². The average Bonchev–Trinajstić information content (AvgIpc) is 3.17. The van der Waals surface area contributed by atoms with Crippen molar-refractivity contribution in [2.45, 2.75) is 19.4 Å². The molecule has 0 bridgehead atoms. The van der Waals surface area contributed by atoms with Crippen LogP contribution < -0.4 is 19.6 Å². The average molecular weight is 538 g/mol. The normalized spacial score (nSPS) is 15.4. The van der Waals surface area contributed by atoms with Gasteiger partial charge in [0.05, 0.1) is 29.0 Å². The fourth-order valence-electron chi connectivity index (χ4n) is 3.83. The van der Waals surface area contributed by atoms with E-state index in [1.807, 2.05) is 49.4 Å². The van der Waals surface area contributed by atoms with Gasteiger partial charge in [0.25, 0.3) is 5.56 Å². The lowest BCUT2D eigenvalue weighted by molar-refractivity contribution is -0.136. The van der Waals surface area contributed by atoms with Gasteiger partial charge in [0.2, 0.25) is 0 Å². The van der Waals surface area contributed by atoms with E-state index in [0.29, 0.717) is 38.3 Å². The maximum absolute atomic E-state index is 13.7. The lowest BCUT2D eigenvalue weighted by Crippen LogP contribution is -2.40. The zero-order valence-electron chi connectivity index (χ0n) is 18.4. The van der Waals surface area contributed by atoms with E-state index in [1.165, 1.54) is 18.4 Å². The number of allylic oxidation sites excluding steroid dienone is 1. The number of esters is 1. The quantitative estimate of drug-likeness (QED) is 0.449. The molecular weight excluding hydrogens is 518 g/mol. The molecular formula is C25H20BrN3O4S. The van der Waals surface area contributed by atoms with Gasteiger partial charge in [0, 0.05) is 10.0 Å². The summed E-state index contributed by atoms with van der Waals surface area (Å²) in [6, 6.07) is 16.0. The van der Waals surface area contributed by atoms with Crippen molar-refractivity contribution >= 4 is 39.3 Å². The van der Waals surface area contributed by atoms with E-state index in [0.717, 1.165) is 10.0 Å². The molecule has 0 spiro atoms. The van der Waals surface area contributed by atoms with Gasteiger partial charge in [-0.3, -0.25) is 9.36 Å². The van der Waals surface area contributed by atoms with Gasteiger partial charge in [0.1, 0.15) is 11.8 Å². The van der Waals surface area contributed by atoms with Crippen molar-refractivity contribution in [3.63, 3.8) is 0 Å². The van der Waals surface area contributed by atoms with Crippen LogP contribution in [0.2, 0.25) is 0 Å². The lowest BCUT2D eigenvalue weighted by Gasteiger charge is -2.25. The third kappa shape index (κ3) is 4.47. The zero-order chi connectivity index (χ0) is 24.2. The highest BCUT2D eigenvalue weighted by molar-refractivity contribution is 9.10. The molecule has 1 aromatic heterocycles. The molecule has 7 nitrogen and oxygen atoms in total. The number of hydrogen-bond donors (Lipinski definition) is 0. The molecule has 3 aromatic rings. The molecule has 0 amide bonds. The number of hydrogen-bond acceptors (Lipinski definition) is 7. The maximum atomic E-state index is 13.7. The number of ether oxygens (including phenoxy) is 2. The van der Waals surface area contributed by atoms with Crippen LogP contribution in [0, 0.1) is 11.3 Å². The van der Waals surface area contributed by atoms with Crippen LogP contribution in [0.15, 0.2) is 74.1 Å². The van der Waals surface area contributed by atoms with E-state index < -0.39 is 12.0 Å². The highest BCUT2D eigenvalue weighted by Gasteiger charge is 2.33. The van der Waals surface area contributed by atoms with Crippen LogP contribution in [-0.2, 0) is 9.53 Å². The molecule has 1 aliphatic heterocycles. The highest BCUT2D eigenvalue weighted by atomic mass is 79.9. The summed E-state index contributed by atoms with van der Waals surface area (Å²) in [6.07, 6.45) is 2.23. The Bertz CT molecular complexity index is 1500. The number of benzene rings is 2. The second kappa shape index (κ2) is 10.2. The third-order valence-electron chi connectivity index (χ3n) is 5.32. The van der Waals surface area contributed by atoms with Crippen molar-refractivity contribution in [2.24, 2.45) is 4.99 Å². The van der Waals surface area contributed by atoms with Crippen molar-refractivity contribution in [1.82, 2.24) is 4.57 Å². The zero-order valence-corrected chi connectivity index (χ0v) is 20.9. The first-order chi connectivity index (χ1) is 16.5. The topological polar surface area (TPSA) is 93.7 Å². The SMILES string of the molecule is CCC1=C(C(=O)OC)[C@@H](c2ccccc2)n2c(s/c(=C\c3cc(Br)ccc3OCC#N)c2=O)=N1. The molecule has 4 rings (SSSR count). The smallest absolute Gasteiger partial charge is 0.338 e. The molecule has 0 radical (unpaired) electrons. The Kier molecular flexibility index (Phi) is 7.10. The first kappa shape index (κ1) is 23.7. The molecule has 0 aliphatic carbocycles. The van der Waals surface area contributed by atoms with Gasteiger partial charge in [-0.2, -0.15) is 5.26 Å². The minimum Gasteiger partial charge on any atom is -0.478 e. The van der Waals surface area contributed by atoms with E-state index in [1.54, 1.807) is 22.8 Å². The summed E-state index contributed by atoms with van der Waals surface area (Å²) >= 11 is 4.69. The van der Waals surface area contributed by atoms with Gasteiger partial charge in [0.15, 0.2) is 11.4 Å². The van der Waals surface area contributed by atoms with E-state index >= 15 is 0 Å². The first-order valence-electron chi connectivity index (χ1n) is 10.5. The van der Waals surface area contributed by atoms with Crippen molar-refractivity contribution < 1.29 is 14.3 Å². The fourth-order valence-corrected chi connectivity index (χ4v) is 5.22. The number of fused-ring (bicyclic) bond motifs is 1. The number of rotatable bonds is 6. The van der Waals surface area contributed by atoms with Crippen LogP contribution in [0.25, 0.3) is 6.08 Å². The number of nitriles is 1. The summed E-state index contributed by atoms with van der Waals surface area (Å²) in [5, 5.41) is 8.89. The summed E-state index contributed by atoms with van der Waals surface area (Å²) < 4.78 is 13.4. The molecule has 2 aromatic carbocycles. The summed E-state index contributed by atoms with van der Waals surface area (Å²) in [5.41, 5.74) is 2.11. The largest absolute Gasteiger partial charge is 0.478 e. The van der Waals surface area contributed by atoms with E-state index in [4.69, 9.17) is 14.7 Å². The molecule has 0 fully saturated rings. The summed E-state index contributed by atoms with van der Waals surface area (Å²) in [7, 11) is 1.33. The van der Waals surface area contributed by atoms with Gasteiger partial charge in [-0.05, 0) is 36.3 Å².